The highest BCUT2D eigenvalue weighted by Gasteiger charge is 2.41. The molecule has 4 aliphatic heterocycles. The van der Waals surface area contributed by atoms with Crippen molar-refractivity contribution in [1.29, 1.82) is 0 Å². The minimum absolute atomic E-state index is 0.217. The van der Waals surface area contributed by atoms with Gasteiger partial charge in [0.1, 0.15) is 25.9 Å². The van der Waals surface area contributed by atoms with Crippen LogP contribution in [0.2, 0.25) is 5.02 Å². The molecule has 1 N–H and O–H groups in total. The Morgan fingerprint density at radius 3 is 2.49 bits per heavy atom. The number of esters is 2. The average Bonchev–Trinajstić information content (AvgIpc) is 2.94. The van der Waals surface area contributed by atoms with Crippen molar-refractivity contribution in [1.82, 2.24) is 15.1 Å². The van der Waals surface area contributed by atoms with E-state index in [9.17, 15) is 9.59 Å². The van der Waals surface area contributed by atoms with Gasteiger partial charge in [-0.05, 0) is 37.1 Å². The van der Waals surface area contributed by atoms with E-state index in [4.69, 9.17) is 30.5 Å². The molecule has 4 heterocycles. The van der Waals surface area contributed by atoms with E-state index in [1.54, 1.807) is 11.8 Å². The molecule has 0 radical (unpaired) electrons. The van der Waals surface area contributed by atoms with Crippen molar-refractivity contribution in [3.8, 4) is 0 Å². The van der Waals surface area contributed by atoms with Gasteiger partial charge in [-0.25, -0.2) is 9.59 Å². The van der Waals surface area contributed by atoms with E-state index in [-0.39, 0.29) is 12.7 Å². The van der Waals surface area contributed by atoms with Gasteiger partial charge < -0.3 is 34.1 Å². The zero-order valence-electron chi connectivity index (χ0n) is 23.5. The first-order chi connectivity index (χ1) is 19.8. The van der Waals surface area contributed by atoms with E-state index in [0.717, 1.165) is 22.7 Å². The summed E-state index contributed by atoms with van der Waals surface area (Å²) in [6, 6.07) is 5.96. The van der Waals surface area contributed by atoms with Crippen LogP contribution in [0.5, 0.6) is 0 Å². The van der Waals surface area contributed by atoms with Gasteiger partial charge >= 0.3 is 17.9 Å². The zero-order chi connectivity index (χ0) is 29.1. The predicted molar refractivity (Wildman–Crippen MR) is 160 cm³/mol. The van der Waals surface area contributed by atoms with Gasteiger partial charge in [-0.15, -0.1) is 11.8 Å². The summed E-state index contributed by atoms with van der Waals surface area (Å²) in [4.78, 5) is 32.2. The molecule has 0 bridgehead atoms. The number of thioether (sulfide) groups is 1. The molecule has 9 nitrogen and oxygen atoms in total. The number of dihydropyridines is 1. The predicted octanol–water partition coefficient (Wildman–Crippen LogP) is 3.95. The third-order valence-electron chi connectivity index (χ3n) is 7.55. The third kappa shape index (κ3) is 6.57. The van der Waals surface area contributed by atoms with Gasteiger partial charge in [-0.3, -0.25) is 0 Å². The standard InChI is InChI=1S/C29H36ClN3O6S2/c1-4-19-11-20(30)13-22(12-19)41-10-9-36-27(34)25-17(2)24(18(3)31-23(25)16-40)28(35)39-21-14-32-5-7-37-29-26(32)33(15-21)6-8-38-29/h11-13,17,21,31,40H,4-10,14-16H2,1-3H3. The van der Waals surface area contributed by atoms with Gasteiger partial charge in [0.15, 0.2) is 5.82 Å². The topological polar surface area (TPSA) is 89.6 Å². The number of hydrogen-bond acceptors (Lipinski definition) is 11. The summed E-state index contributed by atoms with van der Waals surface area (Å²) < 4.78 is 23.1. The fourth-order valence-electron chi connectivity index (χ4n) is 5.66. The molecule has 1 aromatic rings. The molecule has 1 saturated heterocycles. The summed E-state index contributed by atoms with van der Waals surface area (Å²) in [5.41, 5.74) is 3.28. The van der Waals surface area contributed by atoms with E-state index in [1.165, 1.54) is 0 Å². The molecule has 1 atom stereocenters. The van der Waals surface area contributed by atoms with Crippen LogP contribution in [0.25, 0.3) is 0 Å². The van der Waals surface area contributed by atoms with Crippen LogP contribution in [0.4, 0.5) is 0 Å². The Labute approximate surface area is 255 Å². The third-order valence-corrected chi connectivity index (χ3v) is 9.02. The first kappa shape index (κ1) is 29.8. The number of nitrogens with one attached hydrogen (secondary N) is 1. The van der Waals surface area contributed by atoms with E-state index in [2.05, 4.69) is 40.7 Å². The molecule has 0 spiro atoms. The number of carbonyl (C=O) groups excluding carboxylic acids is 2. The van der Waals surface area contributed by atoms with E-state index >= 15 is 0 Å². The Morgan fingerprint density at radius 2 is 1.83 bits per heavy atom. The van der Waals surface area contributed by atoms with E-state index in [0.29, 0.717) is 84.4 Å². The van der Waals surface area contributed by atoms with Gasteiger partial charge in [0.2, 0.25) is 0 Å². The van der Waals surface area contributed by atoms with Crippen LogP contribution < -0.4 is 5.32 Å². The summed E-state index contributed by atoms with van der Waals surface area (Å²) >= 11 is 12.2. The highest BCUT2D eigenvalue weighted by molar-refractivity contribution is 7.99. The van der Waals surface area contributed by atoms with Crippen molar-refractivity contribution in [3.63, 3.8) is 0 Å². The van der Waals surface area contributed by atoms with Crippen molar-refractivity contribution in [2.24, 2.45) is 5.92 Å². The van der Waals surface area contributed by atoms with Gasteiger partial charge in [-0.2, -0.15) is 12.6 Å². The Hall–Kier alpha value is -2.63. The largest absolute Gasteiger partial charge is 0.461 e. The van der Waals surface area contributed by atoms with Crippen LogP contribution in [0.1, 0.15) is 26.3 Å². The lowest BCUT2D eigenvalue weighted by molar-refractivity contribution is -0.152. The van der Waals surface area contributed by atoms with E-state index < -0.39 is 17.9 Å². The minimum atomic E-state index is -0.511. The van der Waals surface area contributed by atoms with Crippen LogP contribution >= 0.6 is 36.0 Å². The molecule has 1 fully saturated rings. The summed E-state index contributed by atoms with van der Waals surface area (Å²) in [7, 11) is 0. The van der Waals surface area contributed by atoms with Crippen molar-refractivity contribution >= 4 is 47.9 Å². The highest BCUT2D eigenvalue weighted by atomic mass is 35.5. The molecule has 0 aromatic heterocycles. The number of rotatable bonds is 9. The van der Waals surface area contributed by atoms with Crippen molar-refractivity contribution in [2.45, 2.75) is 38.2 Å². The molecule has 4 aliphatic rings. The monoisotopic (exact) mass is 621 g/mol. The lowest BCUT2D eigenvalue weighted by atomic mass is 9.87. The molecule has 1 aromatic carbocycles. The fourth-order valence-corrected chi connectivity index (χ4v) is 7.08. The molecule has 12 heteroatoms. The average molecular weight is 622 g/mol. The quantitative estimate of drug-likeness (QED) is 0.183. The van der Waals surface area contributed by atoms with Crippen LogP contribution in [-0.4, -0.2) is 85.3 Å². The van der Waals surface area contributed by atoms with Crippen molar-refractivity contribution in [3.05, 3.63) is 63.1 Å². The first-order valence-corrected chi connectivity index (χ1v) is 15.9. The second-order valence-electron chi connectivity index (χ2n) is 10.3. The maximum absolute atomic E-state index is 13.6. The molecule has 0 amide bonds. The van der Waals surface area contributed by atoms with Gasteiger partial charge in [0.25, 0.3) is 0 Å². The van der Waals surface area contributed by atoms with Gasteiger partial charge in [0, 0.05) is 38.7 Å². The number of allylic oxidation sites excluding steroid dienone is 1. The first-order valence-electron chi connectivity index (χ1n) is 13.9. The molecule has 0 aliphatic carbocycles. The molecule has 1 unspecified atom stereocenters. The van der Waals surface area contributed by atoms with Gasteiger partial charge in [0.05, 0.1) is 37.3 Å². The number of hydrogen-bond donors (Lipinski definition) is 2. The maximum Gasteiger partial charge on any atom is 0.336 e. The van der Waals surface area contributed by atoms with Crippen LogP contribution in [-0.2, 0) is 35.0 Å². The molecule has 0 saturated carbocycles. The number of halogens is 1. The normalized spacial score (nSPS) is 20.8. The molecule has 222 valence electrons. The van der Waals surface area contributed by atoms with Crippen molar-refractivity contribution < 1.29 is 28.5 Å². The summed E-state index contributed by atoms with van der Waals surface area (Å²) in [5.74, 6) is 0.961. The van der Waals surface area contributed by atoms with Crippen molar-refractivity contribution in [2.75, 3.05) is 57.5 Å². The number of aryl methyl sites for hydroxylation is 1. The molecule has 41 heavy (non-hydrogen) atoms. The second kappa shape index (κ2) is 13.1. The Morgan fingerprint density at radius 1 is 1.12 bits per heavy atom. The maximum atomic E-state index is 13.6. The second-order valence-corrected chi connectivity index (χ2v) is 12.2. The Bertz CT molecular complexity index is 1280. The lowest BCUT2D eigenvalue weighted by Gasteiger charge is -2.47. The van der Waals surface area contributed by atoms with E-state index in [1.807, 2.05) is 26.0 Å². The number of ether oxygens (including phenoxy) is 4. The Balaban J connectivity index is 1.21. The molecule has 5 rings (SSSR count). The Kier molecular flexibility index (Phi) is 9.56. The fraction of sp³-hybridized carbons (Fsp3) is 0.517. The molecular weight excluding hydrogens is 586 g/mol. The number of benzene rings is 1. The molecular formula is C29H36ClN3O6S2. The smallest absolute Gasteiger partial charge is 0.336 e. The summed E-state index contributed by atoms with van der Waals surface area (Å²) in [6.45, 7) is 9.52. The summed E-state index contributed by atoms with van der Waals surface area (Å²) in [6.07, 6.45) is 0.561. The van der Waals surface area contributed by atoms with Crippen LogP contribution in [0.3, 0.4) is 0 Å². The highest BCUT2D eigenvalue weighted by Crippen LogP contribution is 2.34. The number of thiol groups is 1. The van der Waals surface area contributed by atoms with Crippen LogP contribution in [0, 0.1) is 5.92 Å². The minimum Gasteiger partial charge on any atom is -0.461 e. The number of carbonyl (C=O) groups is 2. The van der Waals surface area contributed by atoms with Gasteiger partial charge in [-0.1, -0.05) is 25.4 Å². The lowest BCUT2D eigenvalue weighted by Crippen LogP contribution is -2.56. The summed E-state index contributed by atoms with van der Waals surface area (Å²) in [5, 5.41) is 3.91. The van der Waals surface area contributed by atoms with Crippen LogP contribution in [0.15, 0.2) is 57.4 Å². The SMILES string of the molecule is CCc1cc(Cl)cc(SCCOC(=O)C2=C(CS)NC(C)=C(C(=O)OC3CN4CCOC5=C4N(CCO5)C3)C2C)c1. The zero-order valence-corrected chi connectivity index (χ0v) is 26.0. The number of nitrogens with zero attached hydrogens (tertiary/aromatic N) is 2.